The molecule has 0 unspecified atom stereocenters. The van der Waals surface area contributed by atoms with Gasteiger partial charge < -0.3 is 40.4 Å². The summed E-state index contributed by atoms with van der Waals surface area (Å²) < 4.78 is 18.9. The highest BCUT2D eigenvalue weighted by atomic mass is 19.1. The first-order valence-electron chi connectivity index (χ1n) is 10.5. The van der Waals surface area contributed by atoms with Crippen molar-refractivity contribution in [2.75, 3.05) is 11.5 Å². The van der Waals surface area contributed by atoms with Crippen LogP contribution < -0.4 is 10.2 Å². The van der Waals surface area contributed by atoms with Gasteiger partial charge in [-0.15, -0.1) is 0 Å². The quantitative estimate of drug-likeness (QED) is 0.346. The molecule has 0 radical (unpaired) electrons. The molecule has 1 saturated heterocycles. The summed E-state index contributed by atoms with van der Waals surface area (Å²) in [5.74, 6) is -1.20. The van der Waals surface area contributed by atoms with E-state index in [1.54, 1.807) is 19.9 Å². The molecule has 6 N–H and O–H groups in total. The van der Waals surface area contributed by atoms with E-state index in [0.717, 1.165) is 0 Å². The van der Waals surface area contributed by atoms with E-state index in [0.29, 0.717) is 28.2 Å². The molecule has 178 valence electrons. The molecule has 11 heteroatoms. The number of benzene rings is 1. The second-order valence-electron chi connectivity index (χ2n) is 8.38. The Morgan fingerprint density at radius 2 is 1.97 bits per heavy atom. The fraction of sp³-hybridized carbons (Fsp3) is 0.455. The summed E-state index contributed by atoms with van der Waals surface area (Å²) in [6.45, 7) is 2.91. The maximum Gasteiger partial charge on any atom is 0.255 e. The van der Waals surface area contributed by atoms with Gasteiger partial charge in [-0.2, -0.15) is 0 Å². The number of carbonyl (C=O) groups is 2. The zero-order valence-electron chi connectivity index (χ0n) is 18.1. The molecular formula is C22H26FN3O7. The summed E-state index contributed by atoms with van der Waals surface area (Å²) >= 11 is 0. The van der Waals surface area contributed by atoms with Crippen LogP contribution >= 0.6 is 0 Å². The van der Waals surface area contributed by atoms with Gasteiger partial charge >= 0.3 is 0 Å². The third-order valence-electron chi connectivity index (χ3n) is 6.23. The van der Waals surface area contributed by atoms with Crippen LogP contribution in [-0.4, -0.2) is 74.5 Å². The number of aromatic amines is 1. The lowest BCUT2D eigenvalue weighted by Crippen LogP contribution is -2.63. The summed E-state index contributed by atoms with van der Waals surface area (Å²) in [7, 11) is 0. The number of fused-ring (bicyclic) bond motifs is 1. The molecule has 2 aromatic rings. The van der Waals surface area contributed by atoms with E-state index in [4.69, 9.17) is 4.74 Å². The molecule has 0 bridgehead atoms. The molecule has 3 heterocycles. The summed E-state index contributed by atoms with van der Waals surface area (Å²) in [4.78, 5) is 30.1. The SMILES string of the molecule is Cc1[nH]c(CN2C(=O)Cc3cc(F)ccc32)c(C)c1C(=O)N[C@H]1O[C@@H](CO)[C@@H](O)[C@@H](O)[C@@H]1O. The first-order chi connectivity index (χ1) is 15.6. The van der Waals surface area contributed by atoms with Gasteiger partial charge in [0.05, 0.1) is 25.1 Å². The Labute approximate surface area is 188 Å². The van der Waals surface area contributed by atoms with E-state index in [-0.39, 0.29) is 24.4 Å². The van der Waals surface area contributed by atoms with Gasteiger partial charge in [-0.25, -0.2) is 4.39 Å². The molecule has 1 aromatic carbocycles. The van der Waals surface area contributed by atoms with Gasteiger partial charge in [0.25, 0.3) is 5.91 Å². The van der Waals surface area contributed by atoms with Crippen molar-refractivity contribution in [1.29, 1.82) is 0 Å². The normalized spacial score (nSPS) is 27.1. The number of halogens is 1. The van der Waals surface area contributed by atoms with Gasteiger partial charge in [-0.05, 0) is 43.2 Å². The van der Waals surface area contributed by atoms with E-state index in [2.05, 4.69) is 10.3 Å². The van der Waals surface area contributed by atoms with Crippen molar-refractivity contribution in [3.8, 4) is 0 Å². The monoisotopic (exact) mass is 463 g/mol. The number of aryl methyl sites for hydroxylation is 1. The van der Waals surface area contributed by atoms with Crippen molar-refractivity contribution in [1.82, 2.24) is 10.3 Å². The molecule has 1 aromatic heterocycles. The second kappa shape index (κ2) is 8.84. The van der Waals surface area contributed by atoms with Crippen molar-refractivity contribution in [2.45, 2.75) is 57.5 Å². The predicted molar refractivity (Wildman–Crippen MR) is 113 cm³/mol. The Bertz CT molecular complexity index is 1090. The lowest BCUT2D eigenvalue weighted by atomic mass is 9.98. The minimum atomic E-state index is -1.61. The molecule has 0 spiro atoms. The largest absolute Gasteiger partial charge is 0.394 e. The topological polar surface area (TPSA) is 155 Å². The lowest BCUT2D eigenvalue weighted by molar-refractivity contribution is -0.233. The molecule has 0 aliphatic carbocycles. The van der Waals surface area contributed by atoms with Crippen molar-refractivity contribution >= 4 is 17.5 Å². The Kier molecular flexibility index (Phi) is 6.25. The van der Waals surface area contributed by atoms with Crippen LogP contribution in [0.15, 0.2) is 18.2 Å². The third kappa shape index (κ3) is 4.13. The average Bonchev–Trinajstić information content (AvgIpc) is 3.22. The molecule has 2 aliphatic rings. The smallest absolute Gasteiger partial charge is 0.255 e. The standard InChI is InChI=1S/C22H26FN3O7/c1-9-13(7-26-14-4-3-12(23)5-11(14)6-16(26)28)24-10(2)17(9)21(32)25-22-20(31)19(30)18(29)15(8-27)33-22/h3-5,15,18-20,22,24,27,29-31H,6-8H2,1-2H3,(H,25,32)/t15-,18+,19+,20-,22-/m0/s1. The molecule has 2 aliphatic heterocycles. The number of anilines is 1. The number of aliphatic hydroxyl groups excluding tert-OH is 4. The Hall–Kier alpha value is -2.83. The summed E-state index contributed by atoms with van der Waals surface area (Å²) in [5, 5.41) is 41.8. The second-order valence-corrected chi connectivity index (χ2v) is 8.38. The van der Waals surface area contributed by atoms with Crippen molar-refractivity contribution in [3.63, 3.8) is 0 Å². The van der Waals surface area contributed by atoms with Crippen LogP contribution in [0.5, 0.6) is 0 Å². The fourth-order valence-corrected chi connectivity index (χ4v) is 4.42. The number of rotatable bonds is 5. The predicted octanol–water partition coefficient (Wildman–Crippen LogP) is -0.610. The molecule has 33 heavy (non-hydrogen) atoms. The number of amides is 2. The first-order valence-corrected chi connectivity index (χ1v) is 10.5. The van der Waals surface area contributed by atoms with Crippen LogP contribution in [0.25, 0.3) is 0 Å². The number of hydrogen-bond acceptors (Lipinski definition) is 7. The molecule has 4 rings (SSSR count). The van der Waals surface area contributed by atoms with Gasteiger partial charge in [-0.3, -0.25) is 9.59 Å². The van der Waals surface area contributed by atoms with Gasteiger partial charge in [0.1, 0.15) is 30.2 Å². The van der Waals surface area contributed by atoms with Crippen LogP contribution in [0.1, 0.15) is 32.9 Å². The summed E-state index contributed by atoms with van der Waals surface area (Å²) in [6.07, 6.45) is -7.16. The maximum absolute atomic E-state index is 13.5. The van der Waals surface area contributed by atoms with Crippen LogP contribution in [0.4, 0.5) is 10.1 Å². The Morgan fingerprint density at radius 1 is 1.24 bits per heavy atom. The zero-order chi connectivity index (χ0) is 24.0. The van der Waals surface area contributed by atoms with Crippen LogP contribution in [-0.2, 0) is 22.5 Å². The number of nitrogens with one attached hydrogen (secondary N) is 2. The third-order valence-corrected chi connectivity index (χ3v) is 6.23. The number of hydrogen-bond donors (Lipinski definition) is 6. The Morgan fingerprint density at radius 3 is 2.67 bits per heavy atom. The lowest BCUT2D eigenvalue weighted by Gasteiger charge is -2.40. The zero-order valence-corrected chi connectivity index (χ0v) is 18.1. The van der Waals surface area contributed by atoms with Crippen LogP contribution in [0.3, 0.4) is 0 Å². The van der Waals surface area contributed by atoms with Crippen LogP contribution in [0.2, 0.25) is 0 Å². The number of aromatic nitrogens is 1. The van der Waals surface area contributed by atoms with E-state index in [1.165, 1.54) is 17.0 Å². The minimum Gasteiger partial charge on any atom is -0.394 e. The molecule has 5 atom stereocenters. The molecular weight excluding hydrogens is 437 g/mol. The highest BCUT2D eigenvalue weighted by molar-refractivity contribution is 6.01. The maximum atomic E-state index is 13.5. The first kappa shape index (κ1) is 23.3. The summed E-state index contributed by atoms with van der Waals surface area (Å²) in [5.41, 5.74) is 3.17. The van der Waals surface area contributed by atoms with Gasteiger partial charge in [0.2, 0.25) is 5.91 Å². The van der Waals surface area contributed by atoms with Gasteiger partial charge in [0, 0.05) is 17.1 Å². The van der Waals surface area contributed by atoms with E-state index in [9.17, 15) is 34.4 Å². The molecule has 2 amide bonds. The molecule has 1 fully saturated rings. The van der Waals surface area contributed by atoms with Crippen molar-refractivity contribution in [2.24, 2.45) is 0 Å². The van der Waals surface area contributed by atoms with Crippen molar-refractivity contribution in [3.05, 3.63) is 52.1 Å². The van der Waals surface area contributed by atoms with Crippen LogP contribution in [0, 0.1) is 19.7 Å². The highest BCUT2D eigenvalue weighted by Gasteiger charge is 2.44. The summed E-state index contributed by atoms with van der Waals surface area (Å²) in [6, 6.07) is 4.17. The number of nitrogens with zero attached hydrogens (tertiary/aromatic N) is 1. The number of H-pyrrole nitrogens is 1. The Balaban J connectivity index is 1.53. The van der Waals surface area contributed by atoms with E-state index < -0.39 is 49.0 Å². The molecule has 10 nitrogen and oxygen atoms in total. The van der Waals surface area contributed by atoms with Gasteiger partial charge in [0.15, 0.2) is 6.23 Å². The fourth-order valence-electron chi connectivity index (χ4n) is 4.42. The average molecular weight is 463 g/mol. The van der Waals surface area contributed by atoms with Gasteiger partial charge in [-0.1, -0.05) is 0 Å². The minimum absolute atomic E-state index is 0.0935. The molecule has 0 saturated carbocycles. The van der Waals surface area contributed by atoms with E-state index >= 15 is 0 Å². The number of ether oxygens (including phenoxy) is 1. The number of carbonyl (C=O) groups excluding carboxylic acids is 2. The number of aliphatic hydroxyl groups is 4. The van der Waals surface area contributed by atoms with E-state index in [1.807, 2.05) is 0 Å². The van der Waals surface area contributed by atoms with Crippen molar-refractivity contribution < 1.29 is 39.1 Å². The highest BCUT2D eigenvalue weighted by Crippen LogP contribution is 2.32.